The lowest BCUT2D eigenvalue weighted by Crippen LogP contribution is -2.38. The van der Waals surface area contributed by atoms with Crippen LogP contribution in [0.15, 0.2) is 48.5 Å². The van der Waals surface area contributed by atoms with Crippen LogP contribution in [0.3, 0.4) is 0 Å². The topological polar surface area (TPSA) is 43.4 Å². The van der Waals surface area contributed by atoms with Gasteiger partial charge in [-0.1, -0.05) is 36.4 Å². The van der Waals surface area contributed by atoms with E-state index in [9.17, 15) is 9.90 Å². The molecule has 3 heteroatoms. The molecule has 0 aliphatic carbocycles. The largest absolute Gasteiger partial charge is 0.529 e. The van der Waals surface area contributed by atoms with E-state index in [4.69, 9.17) is 0 Å². The third-order valence-electron chi connectivity index (χ3n) is 2.90. The number of para-hydroxylation sites is 2. The van der Waals surface area contributed by atoms with Gasteiger partial charge in [0.1, 0.15) is 6.09 Å². The smallest absolute Gasteiger partial charge is 0.146 e. The number of anilines is 2. The van der Waals surface area contributed by atoms with Crippen molar-refractivity contribution in [2.45, 2.75) is 13.8 Å². The molecule has 0 aromatic heterocycles. The van der Waals surface area contributed by atoms with Crippen molar-refractivity contribution in [2.24, 2.45) is 0 Å². The molecule has 0 bridgehead atoms. The Hall–Kier alpha value is -2.29. The van der Waals surface area contributed by atoms with Crippen molar-refractivity contribution >= 4 is 17.5 Å². The standard InChI is InChI=1S/C15H15NO2/c1-11-7-3-5-9-13(11)16(15(17)18)14-10-6-4-8-12(14)2/h3-10H,1-2H3,(H,17,18)/p-1. The van der Waals surface area contributed by atoms with Crippen molar-refractivity contribution in [3.05, 3.63) is 59.7 Å². The Balaban J connectivity index is 2.58. The molecule has 1 amide bonds. The highest BCUT2D eigenvalue weighted by Gasteiger charge is 2.13. The normalized spacial score (nSPS) is 10.1. The molecule has 0 fully saturated rings. The van der Waals surface area contributed by atoms with Gasteiger partial charge in [-0.05, 0) is 37.1 Å². The van der Waals surface area contributed by atoms with Gasteiger partial charge in [-0.2, -0.15) is 0 Å². The first-order valence-electron chi connectivity index (χ1n) is 5.73. The molecule has 0 saturated heterocycles. The van der Waals surface area contributed by atoms with E-state index in [-0.39, 0.29) is 0 Å². The molecule has 0 spiro atoms. The predicted molar refractivity (Wildman–Crippen MR) is 69.9 cm³/mol. The summed E-state index contributed by atoms with van der Waals surface area (Å²) >= 11 is 0. The summed E-state index contributed by atoms with van der Waals surface area (Å²) in [6.45, 7) is 3.76. The lowest BCUT2D eigenvalue weighted by molar-refractivity contribution is -0.245. The van der Waals surface area contributed by atoms with E-state index in [2.05, 4.69) is 0 Å². The van der Waals surface area contributed by atoms with Crippen molar-refractivity contribution in [3.63, 3.8) is 0 Å². The number of carboxylic acid groups (broad SMARTS) is 1. The number of carbonyl (C=O) groups excluding carboxylic acids is 1. The van der Waals surface area contributed by atoms with Crippen LogP contribution in [0.25, 0.3) is 0 Å². The van der Waals surface area contributed by atoms with Crippen molar-refractivity contribution in [1.82, 2.24) is 0 Å². The Morgan fingerprint density at radius 2 is 1.28 bits per heavy atom. The second-order valence-electron chi connectivity index (χ2n) is 4.17. The maximum Gasteiger partial charge on any atom is 0.146 e. The molecule has 0 radical (unpaired) electrons. The number of carbonyl (C=O) groups is 1. The first kappa shape index (κ1) is 12.2. The summed E-state index contributed by atoms with van der Waals surface area (Å²) < 4.78 is 0. The number of nitrogens with zero attached hydrogens (tertiary/aromatic N) is 1. The summed E-state index contributed by atoms with van der Waals surface area (Å²) in [6.07, 6.45) is -1.22. The fourth-order valence-corrected chi connectivity index (χ4v) is 1.96. The fraction of sp³-hybridized carbons (Fsp3) is 0.133. The molecular formula is C15H14NO2-. The third kappa shape index (κ3) is 2.20. The number of hydrogen-bond acceptors (Lipinski definition) is 2. The van der Waals surface area contributed by atoms with E-state index in [1.807, 2.05) is 50.2 Å². The first-order valence-corrected chi connectivity index (χ1v) is 5.73. The van der Waals surface area contributed by atoms with Crippen molar-refractivity contribution in [2.75, 3.05) is 4.90 Å². The second kappa shape index (κ2) is 4.92. The summed E-state index contributed by atoms with van der Waals surface area (Å²) in [6, 6.07) is 14.7. The molecule has 0 aliphatic rings. The molecule has 0 unspecified atom stereocenters. The maximum atomic E-state index is 11.4. The van der Waals surface area contributed by atoms with Gasteiger partial charge in [-0.25, -0.2) is 0 Å². The van der Waals surface area contributed by atoms with Gasteiger partial charge >= 0.3 is 0 Å². The average Bonchev–Trinajstić information content (AvgIpc) is 2.34. The van der Waals surface area contributed by atoms with Gasteiger partial charge in [0.25, 0.3) is 0 Å². The molecular weight excluding hydrogens is 226 g/mol. The molecule has 0 saturated carbocycles. The zero-order valence-electron chi connectivity index (χ0n) is 10.4. The number of aryl methyl sites for hydroxylation is 2. The highest BCUT2D eigenvalue weighted by molar-refractivity contribution is 5.95. The van der Waals surface area contributed by atoms with Crippen molar-refractivity contribution in [1.29, 1.82) is 0 Å². The molecule has 3 nitrogen and oxygen atoms in total. The van der Waals surface area contributed by atoms with Crippen LogP contribution in [0.4, 0.5) is 16.2 Å². The van der Waals surface area contributed by atoms with Crippen LogP contribution >= 0.6 is 0 Å². The highest BCUT2D eigenvalue weighted by Crippen LogP contribution is 2.30. The molecule has 0 atom stereocenters. The molecule has 2 aromatic rings. The van der Waals surface area contributed by atoms with E-state index in [1.54, 1.807) is 12.1 Å². The Bertz CT molecular complexity index is 533. The first-order chi connectivity index (χ1) is 8.61. The summed E-state index contributed by atoms with van der Waals surface area (Å²) in [5.41, 5.74) is 3.05. The van der Waals surface area contributed by atoms with Crippen LogP contribution in [0.5, 0.6) is 0 Å². The van der Waals surface area contributed by atoms with Crippen LogP contribution < -0.4 is 10.0 Å². The monoisotopic (exact) mass is 240 g/mol. The Morgan fingerprint density at radius 3 is 1.61 bits per heavy atom. The SMILES string of the molecule is Cc1ccccc1N(C(=O)[O-])c1ccccc1C. The average molecular weight is 240 g/mol. The van der Waals surface area contributed by atoms with Gasteiger partial charge in [0, 0.05) is 0 Å². The van der Waals surface area contributed by atoms with E-state index in [0.29, 0.717) is 11.4 Å². The van der Waals surface area contributed by atoms with Crippen molar-refractivity contribution in [3.8, 4) is 0 Å². The van der Waals surface area contributed by atoms with Crippen LogP contribution in [-0.4, -0.2) is 6.09 Å². The van der Waals surface area contributed by atoms with E-state index < -0.39 is 6.09 Å². The Morgan fingerprint density at radius 1 is 0.889 bits per heavy atom. The van der Waals surface area contributed by atoms with Crippen LogP contribution in [0.2, 0.25) is 0 Å². The zero-order valence-corrected chi connectivity index (χ0v) is 10.4. The molecule has 92 valence electrons. The van der Waals surface area contributed by atoms with Gasteiger partial charge < -0.3 is 9.90 Å². The van der Waals surface area contributed by atoms with Crippen LogP contribution in [-0.2, 0) is 0 Å². The maximum absolute atomic E-state index is 11.4. The van der Waals surface area contributed by atoms with Crippen molar-refractivity contribution < 1.29 is 9.90 Å². The molecule has 2 rings (SSSR count). The number of amides is 1. The summed E-state index contributed by atoms with van der Waals surface area (Å²) in [4.78, 5) is 12.6. The van der Waals surface area contributed by atoms with Gasteiger partial charge in [-0.15, -0.1) is 0 Å². The zero-order chi connectivity index (χ0) is 13.1. The number of benzene rings is 2. The minimum atomic E-state index is -1.22. The molecule has 18 heavy (non-hydrogen) atoms. The van der Waals surface area contributed by atoms with Crippen LogP contribution in [0, 0.1) is 13.8 Å². The highest BCUT2D eigenvalue weighted by atomic mass is 16.4. The summed E-state index contributed by atoms with van der Waals surface area (Å²) in [7, 11) is 0. The molecule has 0 heterocycles. The van der Waals surface area contributed by atoms with Crippen LogP contribution in [0.1, 0.15) is 11.1 Å². The summed E-state index contributed by atoms with van der Waals surface area (Å²) in [5, 5.41) is 11.4. The minimum absolute atomic E-state index is 0.631. The number of hydrogen-bond donors (Lipinski definition) is 0. The Labute approximate surface area is 106 Å². The summed E-state index contributed by atoms with van der Waals surface area (Å²) in [5.74, 6) is 0. The second-order valence-corrected chi connectivity index (χ2v) is 4.17. The van der Waals surface area contributed by atoms with E-state index in [0.717, 1.165) is 11.1 Å². The van der Waals surface area contributed by atoms with E-state index in [1.165, 1.54) is 4.90 Å². The predicted octanol–water partition coefficient (Wildman–Crippen LogP) is 2.78. The van der Waals surface area contributed by atoms with Gasteiger partial charge in [-0.3, -0.25) is 4.90 Å². The minimum Gasteiger partial charge on any atom is -0.529 e. The Kier molecular flexibility index (Phi) is 3.33. The quantitative estimate of drug-likeness (QED) is 0.810. The third-order valence-corrected chi connectivity index (χ3v) is 2.90. The fourth-order valence-electron chi connectivity index (χ4n) is 1.96. The van der Waals surface area contributed by atoms with Gasteiger partial charge in [0.15, 0.2) is 0 Å². The van der Waals surface area contributed by atoms with Gasteiger partial charge in [0.05, 0.1) is 11.4 Å². The number of rotatable bonds is 2. The lowest BCUT2D eigenvalue weighted by atomic mass is 10.1. The van der Waals surface area contributed by atoms with Gasteiger partial charge in [0.2, 0.25) is 0 Å². The molecule has 2 aromatic carbocycles. The molecule has 0 N–H and O–H groups in total. The lowest BCUT2D eigenvalue weighted by Gasteiger charge is -2.28. The van der Waals surface area contributed by atoms with E-state index >= 15 is 0 Å². The molecule has 0 aliphatic heterocycles.